The molecular formula is C10H9BrF2N2O3. The highest BCUT2D eigenvalue weighted by molar-refractivity contribution is 9.10. The van der Waals surface area contributed by atoms with Gasteiger partial charge < -0.3 is 16.2 Å². The summed E-state index contributed by atoms with van der Waals surface area (Å²) in [7, 11) is 0. The first-order valence-electron chi connectivity index (χ1n) is 4.74. The van der Waals surface area contributed by atoms with Gasteiger partial charge in [-0.1, -0.05) is 15.9 Å². The second-order valence-electron chi connectivity index (χ2n) is 3.44. The molecule has 4 N–H and O–H groups in total. The van der Waals surface area contributed by atoms with Gasteiger partial charge in [0.1, 0.15) is 5.69 Å². The van der Waals surface area contributed by atoms with Gasteiger partial charge in [0.25, 0.3) is 0 Å². The van der Waals surface area contributed by atoms with Gasteiger partial charge >= 0.3 is 5.97 Å². The number of carbonyl (C=O) groups excluding carboxylic acids is 1. The Morgan fingerprint density at radius 2 is 1.89 bits per heavy atom. The molecule has 5 nitrogen and oxygen atoms in total. The maximum atomic E-state index is 13.4. The summed E-state index contributed by atoms with van der Waals surface area (Å²) in [6, 6.07) is 0.535. The van der Waals surface area contributed by atoms with E-state index in [4.69, 9.17) is 10.8 Å². The predicted molar refractivity (Wildman–Crippen MR) is 62.9 cm³/mol. The van der Waals surface area contributed by atoms with Crippen LogP contribution in [0.25, 0.3) is 0 Å². The molecule has 0 aliphatic heterocycles. The van der Waals surface area contributed by atoms with Crippen molar-refractivity contribution in [3.63, 3.8) is 0 Å². The Labute approximate surface area is 109 Å². The third-order valence-corrected chi connectivity index (χ3v) is 2.44. The first-order chi connectivity index (χ1) is 8.31. The minimum Gasteiger partial charge on any atom is -0.481 e. The van der Waals surface area contributed by atoms with Crippen molar-refractivity contribution in [3.05, 3.63) is 28.2 Å². The fraction of sp³-hybridized carbons (Fsp3) is 0.200. The van der Waals surface area contributed by atoms with Gasteiger partial charge in [0, 0.05) is 4.47 Å². The third-order valence-electron chi connectivity index (χ3n) is 1.99. The highest BCUT2D eigenvalue weighted by atomic mass is 79.9. The maximum Gasteiger partial charge on any atom is 0.305 e. The molecule has 0 fully saturated rings. The summed E-state index contributed by atoms with van der Waals surface area (Å²) in [6.07, 6.45) is -0.633. The second-order valence-corrected chi connectivity index (χ2v) is 4.35. The smallest absolute Gasteiger partial charge is 0.305 e. The highest BCUT2D eigenvalue weighted by Gasteiger charge is 2.20. The van der Waals surface area contributed by atoms with E-state index < -0.39 is 41.7 Å². The molecule has 1 rings (SSSR count). The van der Waals surface area contributed by atoms with Crippen LogP contribution in [0.1, 0.15) is 6.42 Å². The monoisotopic (exact) mass is 322 g/mol. The lowest BCUT2D eigenvalue weighted by atomic mass is 10.2. The number of nitrogens with two attached hydrogens (primary N) is 1. The standard InChI is InChI=1S/C10H9BrF2N2O3/c11-4-1-5(12)9(6(13)2-4)15-10(18)7(14)3-8(16)17/h1-2,7H,3,14H2,(H,15,18)(H,16,17). The van der Waals surface area contributed by atoms with Gasteiger partial charge in [0.05, 0.1) is 12.5 Å². The van der Waals surface area contributed by atoms with Crippen LogP contribution in [-0.4, -0.2) is 23.0 Å². The molecule has 18 heavy (non-hydrogen) atoms. The molecular weight excluding hydrogens is 314 g/mol. The fourth-order valence-corrected chi connectivity index (χ4v) is 1.56. The van der Waals surface area contributed by atoms with Gasteiger partial charge in [0.2, 0.25) is 5.91 Å². The fourth-order valence-electron chi connectivity index (χ4n) is 1.16. The third kappa shape index (κ3) is 3.74. The van der Waals surface area contributed by atoms with Crippen molar-refractivity contribution >= 4 is 33.5 Å². The van der Waals surface area contributed by atoms with E-state index in [0.29, 0.717) is 0 Å². The van der Waals surface area contributed by atoms with Gasteiger partial charge in [-0.3, -0.25) is 9.59 Å². The Hall–Kier alpha value is -1.54. The normalized spacial score (nSPS) is 12.0. The molecule has 8 heteroatoms. The molecule has 0 bridgehead atoms. The maximum absolute atomic E-state index is 13.4. The van der Waals surface area contributed by atoms with Crippen molar-refractivity contribution in [2.75, 3.05) is 5.32 Å². The zero-order chi connectivity index (χ0) is 13.9. The number of carbonyl (C=O) groups is 2. The van der Waals surface area contributed by atoms with Crippen LogP contribution in [0.2, 0.25) is 0 Å². The Kier molecular flexibility index (Phi) is 4.74. The van der Waals surface area contributed by atoms with Crippen LogP contribution in [0.15, 0.2) is 16.6 Å². The zero-order valence-corrected chi connectivity index (χ0v) is 10.5. The molecule has 98 valence electrons. The average molecular weight is 323 g/mol. The Bertz CT molecular complexity index is 473. The number of nitrogens with one attached hydrogen (secondary N) is 1. The van der Waals surface area contributed by atoms with Crippen molar-refractivity contribution in [1.82, 2.24) is 0 Å². The topological polar surface area (TPSA) is 92.4 Å². The molecule has 0 aromatic heterocycles. The minimum atomic E-state index is -1.38. The van der Waals surface area contributed by atoms with Crippen LogP contribution in [0, 0.1) is 11.6 Å². The number of hydrogen-bond donors (Lipinski definition) is 3. The number of carboxylic acid groups (broad SMARTS) is 1. The molecule has 1 aromatic rings. The quantitative estimate of drug-likeness (QED) is 0.782. The number of anilines is 1. The summed E-state index contributed by atoms with van der Waals surface area (Å²) in [5.74, 6) is -4.23. The van der Waals surface area contributed by atoms with E-state index in [-0.39, 0.29) is 4.47 Å². The van der Waals surface area contributed by atoms with Gasteiger partial charge in [-0.2, -0.15) is 0 Å². The summed E-state index contributed by atoms with van der Waals surface area (Å²) in [6.45, 7) is 0. The van der Waals surface area contributed by atoms with Crippen LogP contribution in [-0.2, 0) is 9.59 Å². The molecule has 0 aliphatic carbocycles. The first kappa shape index (κ1) is 14.5. The number of benzene rings is 1. The summed E-state index contributed by atoms with van der Waals surface area (Å²) in [5.41, 5.74) is 4.59. The van der Waals surface area contributed by atoms with Crippen LogP contribution in [0.4, 0.5) is 14.5 Å². The second kappa shape index (κ2) is 5.87. The van der Waals surface area contributed by atoms with Crippen molar-refractivity contribution in [1.29, 1.82) is 0 Å². The number of aliphatic carboxylic acids is 1. The SMILES string of the molecule is NC(CC(=O)O)C(=O)Nc1c(F)cc(Br)cc1F. The van der Waals surface area contributed by atoms with Gasteiger partial charge in [-0.05, 0) is 12.1 Å². The number of rotatable bonds is 4. The molecule has 1 amide bonds. The van der Waals surface area contributed by atoms with Crippen molar-refractivity contribution in [2.45, 2.75) is 12.5 Å². The highest BCUT2D eigenvalue weighted by Crippen LogP contribution is 2.23. The van der Waals surface area contributed by atoms with Gasteiger partial charge in [-0.15, -0.1) is 0 Å². The molecule has 1 unspecified atom stereocenters. The van der Waals surface area contributed by atoms with E-state index in [9.17, 15) is 18.4 Å². The number of amides is 1. The number of hydrogen-bond acceptors (Lipinski definition) is 3. The molecule has 0 saturated heterocycles. The summed E-state index contributed by atoms with van der Waals surface area (Å²) < 4.78 is 26.9. The first-order valence-corrected chi connectivity index (χ1v) is 5.53. The van der Waals surface area contributed by atoms with Crippen molar-refractivity contribution < 1.29 is 23.5 Å². The molecule has 1 atom stereocenters. The van der Waals surface area contributed by atoms with Crippen LogP contribution in [0.3, 0.4) is 0 Å². The van der Waals surface area contributed by atoms with E-state index in [2.05, 4.69) is 15.9 Å². The average Bonchev–Trinajstić information content (AvgIpc) is 2.21. The molecule has 0 spiro atoms. The van der Waals surface area contributed by atoms with Crippen LogP contribution < -0.4 is 11.1 Å². The Morgan fingerprint density at radius 3 is 2.33 bits per heavy atom. The Balaban J connectivity index is 2.85. The lowest BCUT2D eigenvalue weighted by Crippen LogP contribution is -2.37. The van der Waals surface area contributed by atoms with Gasteiger partial charge in [-0.25, -0.2) is 8.78 Å². The van der Waals surface area contributed by atoms with E-state index in [1.54, 1.807) is 0 Å². The van der Waals surface area contributed by atoms with E-state index in [1.807, 2.05) is 5.32 Å². The molecule has 0 aliphatic rings. The molecule has 0 saturated carbocycles. The van der Waals surface area contributed by atoms with Crippen LogP contribution >= 0.6 is 15.9 Å². The lowest BCUT2D eigenvalue weighted by Gasteiger charge is -2.11. The van der Waals surface area contributed by atoms with E-state index in [0.717, 1.165) is 12.1 Å². The Morgan fingerprint density at radius 1 is 1.39 bits per heavy atom. The van der Waals surface area contributed by atoms with E-state index in [1.165, 1.54) is 0 Å². The van der Waals surface area contributed by atoms with Crippen molar-refractivity contribution in [2.24, 2.45) is 5.73 Å². The molecule has 0 heterocycles. The number of halogens is 3. The van der Waals surface area contributed by atoms with Gasteiger partial charge in [0.15, 0.2) is 11.6 Å². The lowest BCUT2D eigenvalue weighted by molar-refractivity contribution is -0.138. The minimum absolute atomic E-state index is 0.172. The van der Waals surface area contributed by atoms with E-state index >= 15 is 0 Å². The zero-order valence-electron chi connectivity index (χ0n) is 8.91. The van der Waals surface area contributed by atoms with Crippen molar-refractivity contribution in [3.8, 4) is 0 Å². The molecule has 1 aromatic carbocycles. The summed E-state index contributed by atoms with van der Waals surface area (Å²) in [4.78, 5) is 21.7. The summed E-state index contributed by atoms with van der Waals surface area (Å²) in [5, 5.41) is 10.3. The number of carboxylic acids is 1. The molecule has 0 radical (unpaired) electrons. The summed E-state index contributed by atoms with van der Waals surface area (Å²) >= 11 is 2.88. The predicted octanol–water partition coefficient (Wildman–Crippen LogP) is 1.47. The largest absolute Gasteiger partial charge is 0.481 e. The van der Waals surface area contributed by atoms with Crippen LogP contribution in [0.5, 0.6) is 0 Å².